The Hall–Kier alpha value is -1.41. The number of aldehydes is 1. The number of aliphatic hydroxyl groups excluding tert-OH is 1. The van der Waals surface area contributed by atoms with E-state index in [1.54, 1.807) is 0 Å². The van der Waals surface area contributed by atoms with Crippen molar-refractivity contribution < 1.29 is 14.8 Å². The second kappa shape index (κ2) is 14.5. The molecular weight excluding hydrogens is 282 g/mol. The minimum atomic E-state index is -1.17. The highest BCUT2D eigenvalue weighted by Crippen LogP contribution is 2.10. The molecule has 0 aliphatic rings. The van der Waals surface area contributed by atoms with E-state index >= 15 is 0 Å². The average Bonchev–Trinajstić information content (AvgIpc) is 2.49. The van der Waals surface area contributed by atoms with Crippen molar-refractivity contribution in [2.45, 2.75) is 89.7 Å². The molecule has 0 heterocycles. The van der Waals surface area contributed by atoms with Crippen LogP contribution in [0.2, 0.25) is 0 Å². The Kier molecular flexibility index (Phi) is 13.6. The summed E-state index contributed by atoms with van der Waals surface area (Å²) in [5.74, 6) is 5.43. The number of unbranched alkanes of at least 4 members (excludes halogenated alkanes) is 8. The molecule has 126 valence electrons. The van der Waals surface area contributed by atoms with E-state index < -0.39 is 17.1 Å². The van der Waals surface area contributed by atoms with Crippen LogP contribution in [0.3, 0.4) is 0 Å². The summed E-state index contributed by atoms with van der Waals surface area (Å²) in [6, 6.07) is -1.17. The monoisotopic (exact) mass is 311 g/mol. The van der Waals surface area contributed by atoms with Gasteiger partial charge in [-0.3, -0.25) is 10.1 Å². The topological polar surface area (TPSA) is 80.4 Å². The minimum absolute atomic E-state index is 0.437. The van der Waals surface area contributed by atoms with Crippen LogP contribution in [0.1, 0.15) is 77.6 Å². The van der Waals surface area contributed by atoms with Gasteiger partial charge in [0.2, 0.25) is 0 Å². The lowest BCUT2D eigenvalue weighted by molar-refractivity contribution is -0.518. The zero-order valence-corrected chi connectivity index (χ0v) is 13.6. The number of hydrogen-bond donors (Lipinski definition) is 1. The second-order valence-electron chi connectivity index (χ2n) is 5.59. The van der Waals surface area contributed by atoms with Gasteiger partial charge in [0, 0.05) is 17.8 Å². The SMILES string of the molecule is CCCCCCC(O)C(C#CCCCCCCC=O)[N+](=O)[O-]. The molecule has 0 saturated carbocycles. The van der Waals surface area contributed by atoms with E-state index in [0.29, 0.717) is 19.3 Å². The summed E-state index contributed by atoms with van der Waals surface area (Å²) < 4.78 is 0. The Labute approximate surface area is 133 Å². The first-order valence-electron chi connectivity index (χ1n) is 8.37. The van der Waals surface area contributed by atoms with Crippen LogP contribution in [0.15, 0.2) is 0 Å². The molecule has 0 aromatic carbocycles. The molecule has 0 aliphatic carbocycles. The molecule has 5 heteroatoms. The highest BCUT2D eigenvalue weighted by Gasteiger charge is 2.26. The fourth-order valence-corrected chi connectivity index (χ4v) is 2.20. The van der Waals surface area contributed by atoms with Crippen LogP contribution in [0.4, 0.5) is 0 Å². The predicted molar refractivity (Wildman–Crippen MR) is 87.1 cm³/mol. The van der Waals surface area contributed by atoms with Gasteiger partial charge in [-0.25, -0.2) is 0 Å². The Morgan fingerprint density at radius 1 is 1.14 bits per heavy atom. The number of carbonyl (C=O) groups is 1. The molecule has 0 bridgehead atoms. The Morgan fingerprint density at radius 2 is 1.82 bits per heavy atom. The zero-order valence-electron chi connectivity index (χ0n) is 13.6. The highest BCUT2D eigenvalue weighted by atomic mass is 16.6. The van der Waals surface area contributed by atoms with E-state index in [1.807, 2.05) is 0 Å². The van der Waals surface area contributed by atoms with Crippen LogP contribution in [0.5, 0.6) is 0 Å². The van der Waals surface area contributed by atoms with Crippen molar-refractivity contribution in [3.63, 3.8) is 0 Å². The Morgan fingerprint density at radius 3 is 2.45 bits per heavy atom. The molecule has 0 aromatic heterocycles. The van der Waals surface area contributed by atoms with E-state index in [4.69, 9.17) is 0 Å². The van der Waals surface area contributed by atoms with Crippen molar-refractivity contribution in [1.82, 2.24) is 0 Å². The predicted octanol–water partition coefficient (Wildman–Crippen LogP) is 3.51. The summed E-state index contributed by atoms with van der Waals surface area (Å²) in [5.41, 5.74) is 0. The largest absolute Gasteiger partial charge is 0.385 e. The highest BCUT2D eigenvalue weighted by molar-refractivity contribution is 5.48. The Balaban J connectivity index is 4.00. The molecule has 0 aromatic rings. The molecule has 22 heavy (non-hydrogen) atoms. The number of nitro groups is 1. The van der Waals surface area contributed by atoms with E-state index in [9.17, 15) is 20.0 Å². The van der Waals surface area contributed by atoms with Crippen molar-refractivity contribution in [3.05, 3.63) is 10.1 Å². The first-order valence-corrected chi connectivity index (χ1v) is 8.37. The Bertz CT molecular complexity index is 359. The van der Waals surface area contributed by atoms with Gasteiger partial charge in [-0.2, -0.15) is 0 Å². The number of rotatable bonds is 13. The van der Waals surface area contributed by atoms with Crippen LogP contribution in [0, 0.1) is 22.0 Å². The number of carbonyl (C=O) groups excluding carboxylic acids is 1. The van der Waals surface area contributed by atoms with Gasteiger partial charge < -0.3 is 9.90 Å². The summed E-state index contributed by atoms with van der Waals surface area (Å²) in [6.45, 7) is 2.10. The fraction of sp³-hybridized carbons (Fsp3) is 0.824. The maximum absolute atomic E-state index is 11.0. The molecule has 5 nitrogen and oxygen atoms in total. The lowest BCUT2D eigenvalue weighted by atomic mass is 10.0. The third kappa shape index (κ3) is 11.3. The van der Waals surface area contributed by atoms with E-state index in [2.05, 4.69) is 18.8 Å². The van der Waals surface area contributed by atoms with Crippen molar-refractivity contribution in [2.75, 3.05) is 0 Å². The van der Waals surface area contributed by atoms with Gasteiger partial charge in [-0.1, -0.05) is 51.4 Å². The van der Waals surface area contributed by atoms with Gasteiger partial charge in [-0.15, -0.1) is 0 Å². The standard InChI is InChI=1S/C17H29NO4/c1-2-3-4-11-14-17(20)16(18(21)22)13-10-8-6-5-7-9-12-15-19/h15-17,20H,2-9,11-12,14H2,1H3. The quantitative estimate of drug-likeness (QED) is 0.185. The number of aliphatic hydroxyl groups is 1. The van der Waals surface area contributed by atoms with E-state index in [-0.39, 0.29) is 0 Å². The number of hydrogen-bond acceptors (Lipinski definition) is 4. The number of nitrogens with zero attached hydrogens (tertiary/aromatic N) is 1. The van der Waals surface area contributed by atoms with Crippen LogP contribution < -0.4 is 0 Å². The lowest BCUT2D eigenvalue weighted by Crippen LogP contribution is -2.32. The van der Waals surface area contributed by atoms with Crippen molar-refractivity contribution in [2.24, 2.45) is 0 Å². The maximum Gasteiger partial charge on any atom is 0.297 e. The first-order chi connectivity index (χ1) is 10.6. The van der Waals surface area contributed by atoms with Crippen LogP contribution in [-0.4, -0.2) is 28.5 Å². The van der Waals surface area contributed by atoms with Crippen molar-refractivity contribution in [3.8, 4) is 11.8 Å². The molecule has 0 rings (SSSR count). The molecule has 0 aliphatic heterocycles. The molecule has 0 amide bonds. The van der Waals surface area contributed by atoms with Crippen molar-refractivity contribution >= 4 is 6.29 Å². The van der Waals surface area contributed by atoms with Crippen molar-refractivity contribution in [1.29, 1.82) is 0 Å². The first kappa shape index (κ1) is 20.6. The smallest absolute Gasteiger partial charge is 0.297 e. The van der Waals surface area contributed by atoms with Gasteiger partial charge in [0.1, 0.15) is 12.4 Å². The van der Waals surface area contributed by atoms with Gasteiger partial charge >= 0.3 is 0 Å². The van der Waals surface area contributed by atoms with Gasteiger partial charge in [-0.05, 0) is 25.2 Å². The third-order valence-corrected chi connectivity index (χ3v) is 3.57. The molecule has 2 unspecified atom stereocenters. The van der Waals surface area contributed by atoms with E-state index in [0.717, 1.165) is 57.7 Å². The third-order valence-electron chi connectivity index (χ3n) is 3.57. The zero-order chi connectivity index (χ0) is 16.6. The lowest BCUT2D eigenvalue weighted by Gasteiger charge is -2.11. The molecule has 0 saturated heterocycles. The minimum Gasteiger partial charge on any atom is -0.385 e. The summed E-state index contributed by atoms with van der Waals surface area (Å²) in [6.07, 6.45) is 9.30. The summed E-state index contributed by atoms with van der Waals surface area (Å²) in [5, 5.41) is 20.9. The van der Waals surface area contributed by atoms with E-state index in [1.165, 1.54) is 0 Å². The second-order valence-corrected chi connectivity index (χ2v) is 5.59. The van der Waals surface area contributed by atoms with Crippen LogP contribution in [0.25, 0.3) is 0 Å². The van der Waals surface area contributed by atoms with Gasteiger partial charge in [0.05, 0.1) is 0 Å². The van der Waals surface area contributed by atoms with Crippen LogP contribution >= 0.6 is 0 Å². The summed E-state index contributed by atoms with van der Waals surface area (Å²) in [4.78, 5) is 20.6. The van der Waals surface area contributed by atoms with Gasteiger partial charge in [0.25, 0.3) is 6.04 Å². The molecule has 0 radical (unpaired) electrons. The summed E-state index contributed by atoms with van der Waals surface area (Å²) in [7, 11) is 0. The van der Waals surface area contributed by atoms with Crippen LogP contribution in [-0.2, 0) is 4.79 Å². The fourth-order valence-electron chi connectivity index (χ4n) is 2.20. The molecule has 2 atom stereocenters. The molecular formula is C17H29NO4. The molecule has 0 fully saturated rings. The normalized spacial score (nSPS) is 13.0. The van der Waals surface area contributed by atoms with Gasteiger partial charge in [0.15, 0.2) is 0 Å². The maximum atomic E-state index is 11.0. The molecule has 1 N–H and O–H groups in total. The average molecular weight is 311 g/mol. The molecule has 0 spiro atoms. The summed E-state index contributed by atoms with van der Waals surface area (Å²) >= 11 is 0.